The third-order valence-corrected chi connectivity index (χ3v) is 3.32. The number of aliphatic hydroxyl groups excluding tert-OH is 1. The third kappa shape index (κ3) is 3.86. The Labute approximate surface area is 114 Å². The van der Waals surface area contributed by atoms with Crippen LogP contribution in [0.15, 0.2) is 24.3 Å². The van der Waals surface area contributed by atoms with Gasteiger partial charge < -0.3 is 9.84 Å². The van der Waals surface area contributed by atoms with Gasteiger partial charge in [-0.1, -0.05) is 32.0 Å². The first-order valence-electron chi connectivity index (χ1n) is 6.51. The van der Waals surface area contributed by atoms with Crippen molar-refractivity contribution in [3.63, 3.8) is 0 Å². The Bertz CT molecular complexity index is 420. The van der Waals surface area contributed by atoms with E-state index in [0.29, 0.717) is 23.5 Å². The number of carbonyl (C=O) groups is 1. The Balaban J connectivity index is 2.97. The molecule has 4 nitrogen and oxygen atoms in total. The molecule has 0 fully saturated rings. The van der Waals surface area contributed by atoms with Crippen molar-refractivity contribution >= 4 is 6.29 Å². The average Bonchev–Trinajstić information content (AvgIpc) is 2.43. The number of rotatable bonds is 7. The zero-order chi connectivity index (χ0) is 14.5. The zero-order valence-corrected chi connectivity index (χ0v) is 11.8. The summed E-state index contributed by atoms with van der Waals surface area (Å²) in [6.45, 7) is 4.18. The van der Waals surface area contributed by atoms with Crippen LogP contribution in [0.25, 0.3) is 0 Å². The van der Waals surface area contributed by atoms with Crippen LogP contribution in [0, 0.1) is 5.92 Å². The van der Waals surface area contributed by atoms with Gasteiger partial charge in [-0.25, -0.2) is 0 Å². The molecule has 0 spiro atoms. The molecule has 0 aliphatic carbocycles. The summed E-state index contributed by atoms with van der Waals surface area (Å²) in [4.78, 5) is 10.8. The molecule has 106 valence electrons. The summed E-state index contributed by atoms with van der Waals surface area (Å²) in [5, 5.41) is 10.3. The van der Waals surface area contributed by atoms with Gasteiger partial charge in [0.2, 0.25) is 0 Å². The monoisotopic (exact) mass is 265 g/mol. The molecule has 0 heterocycles. The molecule has 0 aromatic heterocycles. The highest BCUT2D eigenvalue weighted by Gasteiger charge is 2.35. The first-order chi connectivity index (χ1) is 8.93. The highest BCUT2D eigenvalue weighted by Crippen LogP contribution is 2.27. The molecule has 1 rings (SSSR count). The van der Waals surface area contributed by atoms with Crippen molar-refractivity contribution in [1.29, 1.82) is 0 Å². The summed E-state index contributed by atoms with van der Waals surface area (Å²) >= 11 is 0. The van der Waals surface area contributed by atoms with Crippen molar-refractivity contribution in [3.8, 4) is 0 Å². The Kier molecular flexibility index (Phi) is 5.66. The van der Waals surface area contributed by atoms with Gasteiger partial charge in [0.15, 0.2) is 5.72 Å². The van der Waals surface area contributed by atoms with Crippen LogP contribution in [0.3, 0.4) is 0 Å². The van der Waals surface area contributed by atoms with Crippen LogP contribution >= 0.6 is 0 Å². The van der Waals surface area contributed by atoms with Crippen molar-refractivity contribution in [2.24, 2.45) is 11.7 Å². The number of hydrogen-bond acceptors (Lipinski definition) is 4. The van der Waals surface area contributed by atoms with E-state index in [1.54, 1.807) is 24.3 Å². The Morgan fingerprint density at radius 3 is 2.63 bits per heavy atom. The minimum absolute atomic E-state index is 0.483. The fourth-order valence-corrected chi connectivity index (χ4v) is 2.01. The lowest BCUT2D eigenvalue weighted by Gasteiger charge is -2.34. The topological polar surface area (TPSA) is 72.5 Å². The molecule has 0 aliphatic heterocycles. The molecule has 0 radical (unpaired) electrons. The predicted molar refractivity (Wildman–Crippen MR) is 74.8 cm³/mol. The van der Waals surface area contributed by atoms with E-state index in [2.05, 4.69) is 13.8 Å². The van der Waals surface area contributed by atoms with Gasteiger partial charge in [-0.15, -0.1) is 0 Å². The van der Waals surface area contributed by atoms with E-state index in [-0.39, 0.29) is 0 Å². The van der Waals surface area contributed by atoms with Crippen molar-refractivity contribution in [3.05, 3.63) is 35.4 Å². The molecular weight excluding hydrogens is 242 g/mol. The summed E-state index contributed by atoms with van der Waals surface area (Å²) in [5.41, 5.74) is 6.02. The first kappa shape index (κ1) is 15.8. The first-order valence-corrected chi connectivity index (χ1v) is 6.51. The quantitative estimate of drug-likeness (QED) is 0.584. The second-order valence-electron chi connectivity index (χ2n) is 5.23. The molecule has 19 heavy (non-hydrogen) atoms. The zero-order valence-electron chi connectivity index (χ0n) is 11.8. The number of hydrogen-bond donors (Lipinski definition) is 2. The van der Waals surface area contributed by atoms with Gasteiger partial charge in [-0.2, -0.15) is 0 Å². The fraction of sp³-hybridized carbons (Fsp3) is 0.533. The molecule has 3 N–H and O–H groups in total. The van der Waals surface area contributed by atoms with Gasteiger partial charge in [-0.3, -0.25) is 10.5 Å². The van der Waals surface area contributed by atoms with E-state index >= 15 is 0 Å². The maximum Gasteiger partial charge on any atom is 0.168 e. The van der Waals surface area contributed by atoms with E-state index < -0.39 is 11.8 Å². The molecule has 1 aromatic rings. The molecule has 0 saturated carbocycles. The molecule has 4 heteroatoms. The van der Waals surface area contributed by atoms with Crippen molar-refractivity contribution in [2.45, 2.75) is 38.5 Å². The van der Waals surface area contributed by atoms with Crippen molar-refractivity contribution in [1.82, 2.24) is 0 Å². The summed E-state index contributed by atoms with van der Waals surface area (Å²) in [6.07, 6.45) is 1.34. The summed E-state index contributed by atoms with van der Waals surface area (Å²) in [6, 6.07) is 6.83. The van der Waals surface area contributed by atoms with Gasteiger partial charge in [0.25, 0.3) is 0 Å². The SMILES string of the molecule is CO[C@](N)(c1cccc(C=O)c1)[C@H](O)CCC(C)C. The van der Waals surface area contributed by atoms with Gasteiger partial charge >= 0.3 is 0 Å². The number of aliphatic hydroxyl groups is 1. The average molecular weight is 265 g/mol. The lowest BCUT2D eigenvalue weighted by atomic mass is 9.91. The number of nitrogens with two attached hydrogens (primary N) is 1. The lowest BCUT2D eigenvalue weighted by molar-refractivity contribution is -0.109. The van der Waals surface area contributed by atoms with Crippen LogP contribution in [0.2, 0.25) is 0 Å². The van der Waals surface area contributed by atoms with E-state index in [1.807, 2.05) is 0 Å². The molecule has 0 bridgehead atoms. The number of ether oxygens (including phenoxy) is 1. The summed E-state index contributed by atoms with van der Waals surface area (Å²) < 4.78 is 5.33. The largest absolute Gasteiger partial charge is 0.388 e. The maximum atomic E-state index is 10.8. The fourth-order valence-electron chi connectivity index (χ4n) is 2.01. The maximum absolute atomic E-state index is 10.8. The van der Waals surface area contributed by atoms with Crippen LogP contribution < -0.4 is 5.73 Å². The smallest absolute Gasteiger partial charge is 0.168 e. The number of benzene rings is 1. The van der Waals surface area contributed by atoms with E-state index in [1.165, 1.54) is 7.11 Å². The normalized spacial score (nSPS) is 16.1. The second-order valence-corrected chi connectivity index (χ2v) is 5.23. The lowest BCUT2D eigenvalue weighted by Crippen LogP contribution is -2.49. The van der Waals surface area contributed by atoms with Crippen molar-refractivity contribution < 1.29 is 14.6 Å². The summed E-state index contributed by atoms with van der Waals surface area (Å²) in [7, 11) is 1.46. The van der Waals surface area contributed by atoms with Gasteiger partial charge in [0, 0.05) is 18.2 Å². The standard InChI is InChI=1S/C15H23NO3/c1-11(2)7-8-14(18)15(16,19-3)13-6-4-5-12(9-13)10-17/h4-6,9-11,14,18H,7-8,16H2,1-3H3/t14-,15-/m1/s1. The molecule has 0 saturated heterocycles. The summed E-state index contributed by atoms with van der Waals surface area (Å²) in [5.74, 6) is 0.483. The highest BCUT2D eigenvalue weighted by atomic mass is 16.5. The predicted octanol–water partition coefficient (Wildman–Crippen LogP) is 2.05. The Morgan fingerprint density at radius 1 is 1.42 bits per heavy atom. The van der Waals surface area contributed by atoms with Crippen LogP contribution in [0.4, 0.5) is 0 Å². The molecule has 1 aromatic carbocycles. The van der Waals surface area contributed by atoms with Gasteiger partial charge in [0.1, 0.15) is 12.4 Å². The second kappa shape index (κ2) is 6.80. The molecule has 2 atom stereocenters. The Morgan fingerprint density at radius 2 is 2.11 bits per heavy atom. The molecule has 0 aliphatic rings. The molecule has 0 unspecified atom stereocenters. The van der Waals surface area contributed by atoms with Gasteiger partial charge in [0.05, 0.1) is 0 Å². The van der Waals surface area contributed by atoms with E-state index in [9.17, 15) is 9.90 Å². The van der Waals surface area contributed by atoms with E-state index in [0.717, 1.165) is 12.7 Å². The van der Waals surface area contributed by atoms with E-state index in [4.69, 9.17) is 10.5 Å². The van der Waals surface area contributed by atoms with Crippen LogP contribution in [0.5, 0.6) is 0 Å². The third-order valence-electron chi connectivity index (χ3n) is 3.32. The highest BCUT2D eigenvalue weighted by molar-refractivity contribution is 5.75. The minimum atomic E-state index is -1.28. The van der Waals surface area contributed by atoms with Crippen LogP contribution in [-0.2, 0) is 10.5 Å². The Hall–Kier alpha value is -1.23. The van der Waals surface area contributed by atoms with Crippen LogP contribution in [-0.4, -0.2) is 24.6 Å². The molecule has 0 amide bonds. The molecular formula is C15H23NO3. The number of carbonyl (C=O) groups excluding carboxylic acids is 1. The number of aldehydes is 1. The minimum Gasteiger partial charge on any atom is -0.388 e. The van der Waals surface area contributed by atoms with Gasteiger partial charge in [-0.05, 0) is 24.8 Å². The van der Waals surface area contributed by atoms with Crippen LogP contribution in [0.1, 0.15) is 42.6 Å². The number of methoxy groups -OCH3 is 1. The van der Waals surface area contributed by atoms with Crippen molar-refractivity contribution in [2.75, 3.05) is 7.11 Å².